The molecule has 1 atom stereocenters. The average molecular weight is 307 g/mol. The Bertz CT molecular complexity index is 340. The van der Waals surface area contributed by atoms with Crippen LogP contribution in [-0.4, -0.2) is 37.7 Å². The van der Waals surface area contributed by atoms with Gasteiger partial charge in [0.2, 0.25) is 0 Å². The quantitative estimate of drug-likeness (QED) is 0.926. The van der Waals surface area contributed by atoms with Crippen LogP contribution in [0.5, 0.6) is 5.75 Å². The maximum atomic E-state index is 5.46. The summed E-state index contributed by atoms with van der Waals surface area (Å²) in [5.74, 6) is 0.962. The first-order valence-corrected chi connectivity index (χ1v) is 6.49. The monoisotopic (exact) mass is 306 g/mol. The Morgan fingerprint density at radius 3 is 2.26 bits per heavy atom. The summed E-state index contributed by atoms with van der Waals surface area (Å²) in [6.07, 6.45) is 0. The maximum absolute atomic E-state index is 5.46. The van der Waals surface area contributed by atoms with Crippen LogP contribution in [0.2, 0.25) is 0 Å². The Balaban J connectivity index is 0.00000162. The molecule has 1 aliphatic rings. The molecule has 0 amide bonds. The van der Waals surface area contributed by atoms with Gasteiger partial charge in [-0.3, -0.25) is 4.90 Å². The van der Waals surface area contributed by atoms with Crippen LogP contribution in [0.25, 0.3) is 0 Å². The van der Waals surface area contributed by atoms with E-state index < -0.39 is 0 Å². The van der Waals surface area contributed by atoms with E-state index in [0.717, 1.165) is 38.5 Å². The van der Waals surface area contributed by atoms with Crippen molar-refractivity contribution in [2.75, 3.05) is 32.8 Å². The van der Waals surface area contributed by atoms with Crippen LogP contribution in [0.15, 0.2) is 24.3 Å². The molecule has 0 bridgehead atoms. The minimum Gasteiger partial charge on any atom is -0.494 e. The van der Waals surface area contributed by atoms with E-state index in [1.165, 1.54) is 5.56 Å². The molecule has 19 heavy (non-hydrogen) atoms. The highest BCUT2D eigenvalue weighted by Gasteiger charge is 2.17. The Kier molecular flexibility index (Phi) is 9.19. The van der Waals surface area contributed by atoms with Crippen LogP contribution >= 0.6 is 24.8 Å². The Hall–Kier alpha value is -0.480. The predicted octanol–water partition coefficient (Wildman–Crippen LogP) is 2.90. The lowest BCUT2D eigenvalue weighted by Crippen LogP contribution is -2.44. The molecule has 1 aromatic rings. The van der Waals surface area contributed by atoms with Crippen molar-refractivity contribution < 1.29 is 4.74 Å². The van der Waals surface area contributed by atoms with E-state index in [1.807, 2.05) is 6.92 Å². The lowest BCUT2D eigenvalue weighted by Gasteiger charge is -2.33. The van der Waals surface area contributed by atoms with E-state index in [9.17, 15) is 0 Å². The number of hydrogen-bond donors (Lipinski definition) is 1. The molecule has 1 N–H and O–H groups in total. The molecule has 1 heterocycles. The zero-order chi connectivity index (χ0) is 12.1. The lowest BCUT2D eigenvalue weighted by atomic mass is 10.1. The first kappa shape index (κ1) is 18.5. The average Bonchev–Trinajstić information content (AvgIpc) is 2.40. The summed E-state index contributed by atoms with van der Waals surface area (Å²) < 4.78 is 5.46. The largest absolute Gasteiger partial charge is 0.494 e. The van der Waals surface area contributed by atoms with Crippen LogP contribution in [0, 0.1) is 0 Å². The van der Waals surface area contributed by atoms with Crippen molar-refractivity contribution in [2.45, 2.75) is 19.9 Å². The lowest BCUT2D eigenvalue weighted by molar-refractivity contribution is 0.185. The van der Waals surface area contributed by atoms with Crippen LogP contribution in [-0.2, 0) is 0 Å². The van der Waals surface area contributed by atoms with Crippen molar-refractivity contribution in [3.8, 4) is 5.75 Å². The summed E-state index contributed by atoms with van der Waals surface area (Å²) in [5, 5.41) is 3.39. The fourth-order valence-corrected chi connectivity index (χ4v) is 2.29. The van der Waals surface area contributed by atoms with Crippen molar-refractivity contribution in [3.63, 3.8) is 0 Å². The van der Waals surface area contributed by atoms with Gasteiger partial charge in [0.15, 0.2) is 0 Å². The molecule has 2 rings (SSSR count). The number of halogens is 2. The number of piperazine rings is 1. The van der Waals surface area contributed by atoms with Gasteiger partial charge >= 0.3 is 0 Å². The molecule has 0 spiro atoms. The third-order valence-electron chi connectivity index (χ3n) is 3.37. The molecule has 0 aromatic heterocycles. The molecule has 3 nitrogen and oxygen atoms in total. The summed E-state index contributed by atoms with van der Waals surface area (Å²) in [7, 11) is 0. The fourth-order valence-electron chi connectivity index (χ4n) is 2.29. The molecule has 1 saturated heterocycles. The van der Waals surface area contributed by atoms with E-state index in [1.54, 1.807) is 0 Å². The maximum Gasteiger partial charge on any atom is 0.119 e. The summed E-state index contributed by atoms with van der Waals surface area (Å²) in [6.45, 7) is 9.48. The molecule has 0 saturated carbocycles. The Morgan fingerprint density at radius 1 is 1.16 bits per heavy atom. The summed E-state index contributed by atoms with van der Waals surface area (Å²) in [6, 6.07) is 8.98. The van der Waals surface area contributed by atoms with Gasteiger partial charge in [0, 0.05) is 32.2 Å². The summed E-state index contributed by atoms with van der Waals surface area (Å²) >= 11 is 0. The van der Waals surface area contributed by atoms with E-state index in [2.05, 4.69) is 41.4 Å². The van der Waals surface area contributed by atoms with E-state index >= 15 is 0 Å². The molecule has 0 radical (unpaired) electrons. The van der Waals surface area contributed by atoms with Gasteiger partial charge in [0.1, 0.15) is 5.75 Å². The van der Waals surface area contributed by atoms with Crippen molar-refractivity contribution in [1.82, 2.24) is 10.2 Å². The fraction of sp³-hybridized carbons (Fsp3) is 0.571. The number of benzene rings is 1. The zero-order valence-corrected chi connectivity index (χ0v) is 13.2. The number of rotatable bonds is 4. The Labute approximate surface area is 128 Å². The van der Waals surface area contributed by atoms with Crippen LogP contribution in [0.1, 0.15) is 25.5 Å². The molecule has 0 aliphatic carbocycles. The predicted molar refractivity (Wildman–Crippen MR) is 85.0 cm³/mol. The van der Waals surface area contributed by atoms with E-state index in [4.69, 9.17) is 4.74 Å². The number of ether oxygens (including phenoxy) is 1. The second-order valence-corrected chi connectivity index (χ2v) is 4.46. The molecule has 0 unspecified atom stereocenters. The van der Waals surface area contributed by atoms with Gasteiger partial charge in [-0.15, -0.1) is 24.8 Å². The second kappa shape index (κ2) is 9.43. The van der Waals surface area contributed by atoms with Gasteiger partial charge in [-0.1, -0.05) is 12.1 Å². The molecular weight excluding hydrogens is 283 g/mol. The highest BCUT2D eigenvalue weighted by Crippen LogP contribution is 2.22. The van der Waals surface area contributed by atoms with Crippen molar-refractivity contribution in [1.29, 1.82) is 0 Å². The van der Waals surface area contributed by atoms with Gasteiger partial charge in [0.05, 0.1) is 6.61 Å². The van der Waals surface area contributed by atoms with Gasteiger partial charge in [0.25, 0.3) is 0 Å². The first-order valence-electron chi connectivity index (χ1n) is 6.49. The van der Waals surface area contributed by atoms with Gasteiger partial charge in [-0.2, -0.15) is 0 Å². The highest BCUT2D eigenvalue weighted by atomic mass is 35.5. The standard InChI is InChI=1S/C14H22N2O.2ClH/c1-3-17-14-6-4-13(5-7-14)12(2)16-10-8-15-9-11-16;;/h4-7,12,15H,3,8-11H2,1-2H3;2*1H/t12-;;/m1../s1. The minimum atomic E-state index is 0. The molecule has 5 heteroatoms. The van der Waals surface area contributed by atoms with Gasteiger partial charge in [-0.25, -0.2) is 0 Å². The van der Waals surface area contributed by atoms with E-state index in [-0.39, 0.29) is 24.8 Å². The normalized spacial score (nSPS) is 16.9. The van der Waals surface area contributed by atoms with Gasteiger partial charge in [-0.05, 0) is 31.5 Å². The van der Waals surface area contributed by atoms with Crippen molar-refractivity contribution >= 4 is 24.8 Å². The number of hydrogen-bond acceptors (Lipinski definition) is 3. The molecule has 1 aromatic carbocycles. The topological polar surface area (TPSA) is 24.5 Å². The number of nitrogens with zero attached hydrogens (tertiary/aromatic N) is 1. The molecule has 1 aliphatic heterocycles. The Morgan fingerprint density at radius 2 is 1.74 bits per heavy atom. The smallest absolute Gasteiger partial charge is 0.119 e. The highest BCUT2D eigenvalue weighted by molar-refractivity contribution is 5.85. The van der Waals surface area contributed by atoms with Crippen LogP contribution in [0.4, 0.5) is 0 Å². The second-order valence-electron chi connectivity index (χ2n) is 4.46. The van der Waals surface area contributed by atoms with E-state index in [0.29, 0.717) is 6.04 Å². The SMILES string of the molecule is CCOc1ccc([C@@H](C)N2CCNCC2)cc1.Cl.Cl. The van der Waals surface area contributed by atoms with Crippen LogP contribution < -0.4 is 10.1 Å². The minimum absolute atomic E-state index is 0. The van der Waals surface area contributed by atoms with Crippen molar-refractivity contribution in [2.24, 2.45) is 0 Å². The summed E-state index contributed by atoms with van der Waals surface area (Å²) in [4.78, 5) is 2.52. The van der Waals surface area contributed by atoms with Crippen LogP contribution in [0.3, 0.4) is 0 Å². The summed E-state index contributed by atoms with van der Waals surface area (Å²) in [5.41, 5.74) is 1.37. The van der Waals surface area contributed by atoms with Crippen molar-refractivity contribution in [3.05, 3.63) is 29.8 Å². The third kappa shape index (κ3) is 5.19. The molecular formula is C14H24Cl2N2O. The zero-order valence-electron chi connectivity index (χ0n) is 11.6. The number of nitrogens with one attached hydrogen (secondary N) is 1. The molecule has 110 valence electrons. The molecule has 1 fully saturated rings. The van der Waals surface area contributed by atoms with Gasteiger partial charge < -0.3 is 10.1 Å². The first-order chi connectivity index (χ1) is 8.31. The third-order valence-corrected chi connectivity index (χ3v) is 3.37.